The number of carbonyl (C=O) groups excluding carboxylic acids is 2. The van der Waals surface area contributed by atoms with Crippen LogP contribution in [-0.4, -0.2) is 30.1 Å². The maximum Gasteiger partial charge on any atom is 0.319 e. The Morgan fingerprint density at radius 3 is 2.87 bits per heavy atom. The average molecular weight is 212 g/mol. The second kappa shape index (κ2) is 3.59. The van der Waals surface area contributed by atoms with Crippen LogP contribution in [-0.2, 0) is 14.3 Å². The minimum Gasteiger partial charge on any atom is -0.468 e. The van der Waals surface area contributed by atoms with E-state index in [1.54, 1.807) is 0 Å². The molecule has 4 nitrogen and oxygen atoms in total. The third-order valence-electron chi connectivity index (χ3n) is 3.83. The van der Waals surface area contributed by atoms with Crippen molar-refractivity contribution in [2.75, 3.05) is 7.11 Å². The molecule has 4 heteroatoms. The minimum absolute atomic E-state index is 0.0978. The monoisotopic (exact) mass is 212 g/mol. The maximum atomic E-state index is 12.1. The van der Waals surface area contributed by atoms with Gasteiger partial charge in [0.25, 0.3) is 0 Å². The first kappa shape index (κ1) is 10.6. The molecular weight excluding hydrogens is 196 g/mol. The second-order valence-corrected chi connectivity index (χ2v) is 4.54. The van der Waals surface area contributed by atoms with Crippen LogP contribution >= 0.6 is 0 Å². The van der Waals surface area contributed by atoms with Crippen LogP contribution in [0.2, 0.25) is 0 Å². The number of Topliss-reactive ketones (excluding diaryl/α,β-unsaturated/α-hetero) is 1. The van der Waals surface area contributed by atoms with E-state index >= 15 is 0 Å². The lowest BCUT2D eigenvalue weighted by atomic mass is 9.60. The molecule has 1 N–H and O–H groups in total. The predicted octanol–water partition coefficient (Wildman–Crippen LogP) is 0.670. The number of carbonyl (C=O) groups is 2. The van der Waals surface area contributed by atoms with Gasteiger partial charge in [0.1, 0.15) is 5.41 Å². The molecule has 0 heterocycles. The summed E-state index contributed by atoms with van der Waals surface area (Å²) in [6.07, 6.45) is 2.53. The Morgan fingerprint density at radius 2 is 2.20 bits per heavy atom. The molecular formula is C11H16O4. The number of fused-ring (bicyclic) bond motifs is 2. The number of esters is 1. The molecule has 0 spiro atoms. The van der Waals surface area contributed by atoms with E-state index in [1.807, 2.05) is 0 Å². The fraction of sp³-hybridized carbons (Fsp3) is 0.818. The zero-order chi connectivity index (χ0) is 11.1. The third kappa shape index (κ3) is 1.39. The molecule has 3 atom stereocenters. The van der Waals surface area contributed by atoms with Crippen LogP contribution in [0.15, 0.2) is 0 Å². The molecule has 2 fully saturated rings. The van der Waals surface area contributed by atoms with Crippen LogP contribution in [0.4, 0.5) is 0 Å². The summed E-state index contributed by atoms with van der Waals surface area (Å²) < 4.78 is 4.73. The summed E-state index contributed by atoms with van der Waals surface area (Å²) in [6.45, 7) is 0. The van der Waals surface area contributed by atoms with Gasteiger partial charge >= 0.3 is 5.97 Å². The highest BCUT2D eigenvalue weighted by Gasteiger charge is 2.55. The minimum atomic E-state index is -0.934. The van der Waals surface area contributed by atoms with Crippen molar-refractivity contribution in [3.63, 3.8) is 0 Å². The Morgan fingerprint density at radius 1 is 1.47 bits per heavy atom. The van der Waals surface area contributed by atoms with Gasteiger partial charge in [0.15, 0.2) is 5.78 Å². The van der Waals surface area contributed by atoms with Gasteiger partial charge in [0.2, 0.25) is 0 Å². The van der Waals surface area contributed by atoms with Gasteiger partial charge in [-0.05, 0) is 25.7 Å². The molecule has 0 amide bonds. The molecule has 0 radical (unpaired) electrons. The Hall–Kier alpha value is -0.900. The van der Waals surface area contributed by atoms with E-state index in [2.05, 4.69) is 0 Å². The lowest BCUT2D eigenvalue weighted by molar-refractivity contribution is -0.169. The number of hydrogen-bond acceptors (Lipinski definition) is 4. The molecule has 0 aromatic rings. The van der Waals surface area contributed by atoms with Gasteiger partial charge in [-0.1, -0.05) is 6.42 Å². The van der Waals surface area contributed by atoms with Crippen LogP contribution in [0.3, 0.4) is 0 Å². The van der Waals surface area contributed by atoms with Gasteiger partial charge in [-0.25, -0.2) is 0 Å². The molecule has 2 aliphatic rings. The van der Waals surface area contributed by atoms with Gasteiger partial charge in [-0.3, -0.25) is 9.59 Å². The molecule has 0 aliphatic heterocycles. The van der Waals surface area contributed by atoms with E-state index in [-0.39, 0.29) is 11.7 Å². The van der Waals surface area contributed by atoms with Crippen LogP contribution in [0.1, 0.15) is 32.1 Å². The first-order valence-electron chi connectivity index (χ1n) is 5.42. The first-order valence-corrected chi connectivity index (χ1v) is 5.42. The van der Waals surface area contributed by atoms with E-state index in [4.69, 9.17) is 4.74 Å². The molecule has 2 saturated carbocycles. The summed E-state index contributed by atoms with van der Waals surface area (Å²) in [5.41, 5.74) is -0.934. The van der Waals surface area contributed by atoms with Crippen LogP contribution in [0.5, 0.6) is 0 Å². The Bertz CT molecular complexity index is 299. The smallest absolute Gasteiger partial charge is 0.319 e. The molecule has 15 heavy (non-hydrogen) atoms. The molecule has 2 rings (SSSR count). The van der Waals surface area contributed by atoms with Gasteiger partial charge in [-0.15, -0.1) is 0 Å². The van der Waals surface area contributed by atoms with E-state index in [0.29, 0.717) is 25.7 Å². The first-order chi connectivity index (χ1) is 7.12. The highest BCUT2D eigenvalue weighted by atomic mass is 16.5. The standard InChI is InChI=1S/C11H16O4/c1-15-10(14)11-5-2-3-7(9(11)13)8(12)4-6-11/h7-8,12H,2-6H2,1H3. The number of hydrogen-bond donors (Lipinski definition) is 1. The second-order valence-electron chi connectivity index (χ2n) is 4.54. The molecule has 0 aromatic carbocycles. The zero-order valence-corrected chi connectivity index (χ0v) is 8.86. The lowest BCUT2D eigenvalue weighted by Gasteiger charge is -2.43. The van der Waals surface area contributed by atoms with Gasteiger partial charge in [-0.2, -0.15) is 0 Å². The van der Waals surface area contributed by atoms with Gasteiger partial charge in [0.05, 0.1) is 13.2 Å². The largest absolute Gasteiger partial charge is 0.468 e. The van der Waals surface area contributed by atoms with Crippen molar-refractivity contribution in [1.29, 1.82) is 0 Å². The molecule has 2 aliphatic carbocycles. The molecule has 2 bridgehead atoms. The normalized spacial score (nSPS) is 40.0. The maximum absolute atomic E-state index is 12.1. The van der Waals surface area contributed by atoms with Crippen molar-refractivity contribution < 1.29 is 19.4 Å². The fourth-order valence-corrected chi connectivity index (χ4v) is 2.94. The molecule has 0 saturated heterocycles. The number of rotatable bonds is 1. The van der Waals surface area contributed by atoms with Crippen molar-refractivity contribution in [3.8, 4) is 0 Å². The summed E-state index contributed by atoms with van der Waals surface area (Å²) in [6, 6.07) is 0. The molecule has 3 unspecified atom stereocenters. The van der Waals surface area contributed by atoms with E-state index in [0.717, 1.165) is 6.42 Å². The summed E-state index contributed by atoms with van der Waals surface area (Å²) in [5.74, 6) is -0.852. The van der Waals surface area contributed by atoms with E-state index in [1.165, 1.54) is 7.11 Å². The number of ether oxygens (including phenoxy) is 1. The molecule has 84 valence electrons. The van der Waals surface area contributed by atoms with Gasteiger partial charge < -0.3 is 9.84 Å². The average Bonchev–Trinajstić information content (AvgIpc) is 2.23. The summed E-state index contributed by atoms with van der Waals surface area (Å²) in [5, 5.41) is 9.69. The topological polar surface area (TPSA) is 63.6 Å². The fourth-order valence-electron chi connectivity index (χ4n) is 2.94. The number of methoxy groups -OCH3 is 1. The van der Waals surface area contributed by atoms with E-state index in [9.17, 15) is 14.7 Å². The van der Waals surface area contributed by atoms with Crippen LogP contribution < -0.4 is 0 Å². The molecule has 0 aromatic heterocycles. The van der Waals surface area contributed by atoms with Crippen molar-refractivity contribution in [3.05, 3.63) is 0 Å². The van der Waals surface area contributed by atoms with Crippen molar-refractivity contribution >= 4 is 11.8 Å². The Labute approximate surface area is 88.6 Å². The highest BCUT2D eigenvalue weighted by Crippen LogP contribution is 2.46. The van der Waals surface area contributed by atoms with E-state index < -0.39 is 17.5 Å². The SMILES string of the molecule is COC(=O)C12CCCC(C1=O)C(O)CC2. The number of aliphatic hydroxyl groups excluding tert-OH is 1. The quantitative estimate of drug-likeness (QED) is 0.512. The van der Waals surface area contributed by atoms with Crippen molar-refractivity contribution in [2.45, 2.75) is 38.2 Å². The highest BCUT2D eigenvalue weighted by molar-refractivity contribution is 6.06. The summed E-state index contributed by atoms with van der Waals surface area (Å²) in [7, 11) is 1.32. The third-order valence-corrected chi connectivity index (χ3v) is 3.83. The Kier molecular flexibility index (Phi) is 2.54. The van der Waals surface area contributed by atoms with Gasteiger partial charge in [0, 0.05) is 5.92 Å². The predicted molar refractivity (Wildman–Crippen MR) is 52.0 cm³/mol. The number of ketones is 1. The van der Waals surface area contributed by atoms with Crippen molar-refractivity contribution in [1.82, 2.24) is 0 Å². The van der Waals surface area contributed by atoms with Crippen LogP contribution in [0.25, 0.3) is 0 Å². The zero-order valence-electron chi connectivity index (χ0n) is 8.86. The summed E-state index contributed by atoms with van der Waals surface area (Å²) in [4.78, 5) is 23.8. The Balaban J connectivity index is 2.31. The summed E-state index contributed by atoms with van der Waals surface area (Å²) >= 11 is 0. The van der Waals surface area contributed by atoms with Crippen LogP contribution in [0, 0.1) is 11.3 Å². The number of aliphatic hydroxyl groups is 1. The van der Waals surface area contributed by atoms with Crippen molar-refractivity contribution in [2.24, 2.45) is 11.3 Å². The lowest BCUT2D eigenvalue weighted by Crippen LogP contribution is -2.53.